The number of benzene rings is 1. The molecule has 1 amide bonds. The Bertz CT molecular complexity index is 731. The fourth-order valence-corrected chi connectivity index (χ4v) is 2.36. The van der Waals surface area contributed by atoms with Crippen LogP contribution >= 0.6 is 24.0 Å². The predicted molar refractivity (Wildman–Crippen MR) is 122 cm³/mol. The van der Waals surface area contributed by atoms with E-state index < -0.39 is 0 Å². The zero-order valence-electron chi connectivity index (χ0n) is 16.7. The smallest absolute Gasteiger partial charge is 0.251 e. The highest BCUT2D eigenvalue weighted by Gasteiger charge is 2.07. The van der Waals surface area contributed by atoms with Gasteiger partial charge in [0, 0.05) is 31.3 Å². The molecule has 2 aromatic rings. The van der Waals surface area contributed by atoms with E-state index in [0.717, 1.165) is 30.4 Å². The van der Waals surface area contributed by atoms with Crippen LogP contribution in [0.5, 0.6) is 0 Å². The third-order valence-corrected chi connectivity index (χ3v) is 3.87. The highest BCUT2D eigenvalue weighted by atomic mass is 127. The van der Waals surface area contributed by atoms with E-state index in [4.69, 9.17) is 4.52 Å². The van der Waals surface area contributed by atoms with Gasteiger partial charge in [-0.2, -0.15) is 0 Å². The van der Waals surface area contributed by atoms with Crippen molar-refractivity contribution in [2.45, 2.75) is 39.7 Å². The summed E-state index contributed by atoms with van der Waals surface area (Å²) in [5.41, 5.74) is 1.61. The Morgan fingerprint density at radius 3 is 2.50 bits per heavy atom. The number of guanidine groups is 1. The van der Waals surface area contributed by atoms with Crippen LogP contribution in [0.4, 0.5) is 0 Å². The molecule has 0 spiro atoms. The van der Waals surface area contributed by atoms with E-state index >= 15 is 0 Å². The average molecular weight is 499 g/mol. The maximum atomic E-state index is 12.0. The molecule has 0 radical (unpaired) electrons. The summed E-state index contributed by atoms with van der Waals surface area (Å²) in [4.78, 5) is 16.5. The second-order valence-corrected chi connectivity index (χ2v) is 6.47. The SMILES string of the molecule is CCNC(=NCc1cc(C(C)C)no1)NCCCNC(=O)c1ccccc1.I. The van der Waals surface area contributed by atoms with E-state index in [9.17, 15) is 4.79 Å². The summed E-state index contributed by atoms with van der Waals surface area (Å²) in [5, 5.41) is 13.4. The molecule has 1 aromatic carbocycles. The lowest BCUT2D eigenvalue weighted by molar-refractivity contribution is 0.0953. The molecule has 0 fully saturated rings. The molecule has 0 unspecified atom stereocenters. The van der Waals surface area contributed by atoms with Crippen molar-refractivity contribution >= 4 is 35.8 Å². The molecule has 1 aromatic heterocycles. The monoisotopic (exact) mass is 499 g/mol. The molecule has 7 nitrogen and oxygen atoms in total. The van der Waals surface area contributed by atoms with Crippen molar-refractivity contribution in [2.24, 2.45) is 4.99 Å². The zero-order valence-corrected chi connectivity index (χ0v) is 19.0. The maximum Gasteiger partial charge on any atom is 0.251 e. The summed E-state index contributed by atoms with van der Waals surface area (Å²) >= 11 is 0. The number of halogens is 1. The number of hydrogen-bond donors (Lipinski definition) is 3. The van der Waals surface area contributed by atoms with Crippen LogP contribution in [0.15, 0.2) is 45.9 Å². The van der Waals surface area contributed by atoms with Crippen LogP contribution in [-0.4, -0.2) is 36.7 Å². The number of nitrogens with one attached hydrogen (secondary N) is 3. The van der Waals surface area contributed by atoms with Gasteiger partial charge in [-0.05, 0) is 31.4 Å². The Kier molecular flexibility index (Phi) is 11.2. The quantitative estimate of drug-likeness (QED) is 0.213. The highest BCUT2D eigenvalue weighted by Crippen LogP contribution is 2.14. The van der Waals surface area contributed by atoms with Gasteiger partial charge in [0.1, 0.15) is 6.54 Å². The van der Waals surface area contributed by atoms with Crippen LogP contribution in [0.25, 0.3) is 0 Å². The van der Waals surface area contributed by atoms with E-state index in [1.165, 1.54) is 0 Å². The molecule has 3 N–H and O–H groups in total. The lowest BCUT2D eigenvalue weighted by Crippen LogP contribution is -2.38. The number of carbonyl (C=O) groups is 1. The minimum Gasteiger partial charge on any atom is -0.359 e. The molecule has 0 atom stereocenters. The third kappa shape index (κ3) is 8.28. The standard InChI is InChI=1S/C20H29N5O2.HI/c1-4-21-20(24-14-17-13-18(15(2)3)25-27-17)23-12-8-11-22-19(26)16-9-6-5-7-10-16;/h5-7,9-10,13,15H,4,8,11-12,14H2,1-3H3,(H,22,26)(H2,21,23,24);1H. The van der Waals surface area contributed by atoms with Gasteiger partial charge >= 0.3 is 0 Å². The Morgan fingerprint density at radius 1 is 1.14 bits per heavy atom. The Balaban J connectivity index is 0.00000392. The predicted octanol–water partition coefficient (Wildman–Crippen LogP) is 3.29. The van der Waals surface area contributed by atoms with Gasteiger partial charge in [0.05, 0.1) is 5.69 Å². The van der Waals surface area contributed by atoms with Gasteiger partial charge in [0.25, 0.3) is 5.91 Å². The van der Waals surface area contributed by atoms with Crippen molar-refractivity contribution in [2.75, 3.05) is 19.6 Å². The first-order chi connectivity index (χ1) is 13.1. The van der Waals surface area contributed by atoms with E-state index in [0.29, 0.717) is 31.1 Å². The fourth-order valence-electron chi connectivity index (χ4n) is 2.36. The number of hydrogen-bond acceptors (Lipinski definition) is 4. The van der Waals surface area contributed by atoms with Gasteiger partial charge in [0.15, 0.2) is 11.7 Å². The summed E-state index contributed by atoms with van der Waals surface area (Å²) < 4.78 is 5.31. The number of aromatic nitrogens is 1. The first-order valence-electron chi connectivity index (χ1n) is 9.41. The molecule has 0 bridgehead atoms. The van der Waals surface area contributed by atoms with Gasteiger partial charge in [-0.25, -0.2) is 4.99 Å². The minimum atomic E-state index is -0.0533. The second kappa shape index (κ2) is 13.1. The summed E-state index contributed by atoms with van der Waals surface area (Å²) in [6.07, 6.45) is 0.794. The van der Waals surface area contributed by atoms with Gasteiger partial charge in [-0.3, -0.25) is 4.79 Å². The summed E-state index contributed by atoms with van der Waals surface area (Å²) in [6.45, 7) is 8.67. The number of rotatable bonds is 9. The highest BCUT2D eigenvalue weighted by molar-refractivity contribution is 14.0. The van der Waals surface area contributed by atoms with Crippen molar-refractivity contribution in [1.29, 1.82) is 0 Å². The molecule has 28 heavy (non-hydrogen) atoms. The Labute approximate surface area is 183 Å². The Hall–Kier alpha value is -2.10. The van der Waals surface area contributed by atoms with Crippen LogP contribution < -0.4 is 16.0 Å². The van der Waals surface area contributed by atoms with Crippen molar-refractivity contribution in [3.05, 3.63) is 53.4 Å². The third-order valence-electron chi connectivity index (χ3n) is 3.87. The summed E-state index contributed by atoms with van der Waals surface area (Å²) in [5.74, 6) is 1.74. The van der Waals surface area contributed by atoms with Crippen LogP contribution in [-0.2, 0) is 6.54 Å². The number of carbonyl (C=O) groups excluding carboxylic acids is 1. The van der Waals surface area contributed by atoms with Gasteiger partial charge in [-0.15, -0.1) is 24.0 Å². The van der Waals surface area contributed by atoms with E-state index in [1.54, 1.807) is 12.1 Å². The zero-order chi connectivity index (χ0) is 19.5. The molecule has 8 heteroatoms. The molecular weight excluding hydrogens is 469 g/mol. The minimum absolute atomic E-state index is 0. The van der Waals surface area contributed by atoms with Crippen molar-refractivity contribution in [3.8, 4) is 0 Å². The first kappa shape index (κ1) is 23.9. The van der Waals surface area contributed by atoms with Gasteiger partial charge < -0.3 is 20.5 Å². The number of amides is 1. The van der Waals surface area contributed by atoms with E-state index in [-0.39, 0.29) is 29.9 Å². The lowest BCUT2D eigenvalue weighted by atomic mass is 10.1. The van der Waals surface area contributed by atoms with Gasteiger partial charge in [0.2, 0.25) is 0 Å². The summed E-state index contributed by atoms with van der Waals surface area (Å²) in [6, 6.07) is 11.2. The maximum absolute atomic E-state index is 12.0. The lowest BCUT2D eigenvalue weighted by Gasteiger charge is -2.11. The molecule has 0 saturated heterocycles. The molecule has 154 valence electrons. The van der Waals surface area contributed by atoms with Crippen LogP contribution in [0, 0.1) is 0 Å². The van der Waals surface area contributed by atoms with Crippen molar-refractivity contribution in [1.82, 2.24) is 21.1 Å². The van der Waals surface area contributed by atoms with E-state index in [1.807, 2.05) is 31.2 Å². The van der Waals surface area contributed by atoms with Gasteiger partial charge in [-0.1, -0.05) is 37.2 Å². The van der Waals surface area contributed by atoms with Crippen LogP contribution in [0.1, 0.15) is 54.9 Å². The molecule has 0 aliphatic carbocycles. The average Bonchev–Trinajstić information content (AvgIpc) is 3.15. The molecule has 0 saturated carbocycles. The molecule has 2 rings (SSSR count). The molecule has 1 heterocycles. The molecule has 0 aliphatic heterocycles. The van der Waals surface area contributed by atoms with Crippen LogP contribution in [0.3, 0.4) is 0 Å². The number of nitrogens with zero attached hydrogens (tertiary/aromatic N) is 2. The summed E-state index contributed by atoms with van der Waals surface area (Å²) in [7, 11) is 0. The second-order valence-electron chi connectivity index (χ2n) is 6.47. The first-order valence-corrected chi connectivity index (χ1v) is 9.41. The molecular formula is C20H30IN5O2. The van der Waals surface area contributed by atoms with Crippen LogP contribution in [0.2, 0.25) is 0 Å². The molecule has 0 aliphatic rings. The largest absolute Gasteiger partial charge is 0.359 e. The Morgan fingerprint density at radius 2 is 1.86 bits per heavy atom. The normalized spacial score (nSPS) is 11.1. The topological polar surface area (TPSA) is 91.6 Å². The fraction of sp³-hybridized carbons (Fsp3) is 0.450. The van der Waals surface area contributed by atoms with Crippen molar-refractivity contribution in [3.63, 3.8) is 0 Å². The van der Waals surface area contributed by atoms with E-state index in [2.05, 4.69) is 39.9 Å². The number of aliphatic imine (C=N–C) groups is 1. The van der Waals surface area contributed by atoms with Crippen molar-refractivity contribution < 1.29 is 9.32 Å².